The first-order chi connectivity index (χ1) is 5.22. The van der Waals surface area contributed by atoms with E-state index in [2.05, 4.69) is 0 Å². The first-order valence-corrected chi connectivity index (χ1v) is 6.55. The van der Waals surface area contributed by atoms with E-state index in [1.54, 1.807) is 0 Å². The lowest BCUT2D eigenvalue weighted by molar-refractivity contribution is 0.204. The summed E-state index contributed by atoms with van der Waals surface area (Å²) >= 11 is 0. The summed E-state index contributed by atoms with van der Waals surface area (Å²) in [6.45, 7) is 0. The third kappa shape index (κ3) is 1.94. The third-order valence-corrected chi connectivity index (χ3v) is 4.95. The van der Waals surface area contributed by atoms with Crippen molar-refractivity contribution in [1.29, 1.82) is 0 Å². The molecule has 0 aromatic heterocycles. The Labute approximate surface area is 70.3 Å². The molecule has 1 rings (SSSR count). The van der Waals surface area contributed by atoms with E-state index in [0.29, 0.717) is 0 Å². The molecule has 1 saturated heterocycles. The van der Waals surface area contributed by atoms with E-state index >= 15 is 0 Å². The molecule has 0 unspecified atom stereocenters. The predicted octanol–water partition coefficient (Wildman–Crippen LogP) is -2.57. The lowest BCUT2D eigenvalue weighted by Crippen LogP contribution is -2.37. The molecule has 0 aromatic carbocycles. The van der Waals surface area contributed by atoms with Crippen molar-refractivity contribution in [2.24, 2.45) is 5.14 Å². The SMILES string of the molecule is NS(=O)(=O)[C@H]1CS(=O)(=O)C[C@@H]1O. The van der Waals surface area contributed by atoms with E-state index in [-0.39, 0.29) is 0 Å². The molecule has 2 atom stereocenters. The maximum absolute atomic E-state index is 10.8. The zero-order chi connectivity index (χ0) is 9.57. The van der Waals surface area contributed by atoms with Gasteiger partial charge in [0.2, 0.25) is 10.0 Å². The summed E-state index contributed by atoms with van der Waals surface area (Å²) in [5.74, 6) is -1.10. The Morgan fingerprint density at radius 1 is 1.33 bits per heavy atom. The van der Waals surface area contributed by atoms with E-state index in [9.17, 15) is 16.8 Å². The van der Waals surface area contributed by atoms with E-state index in [4.69, 9.17) is 10.2 Å². The number of rotatable bonds is 1. The van der Waals surface area contributed by atoms with Crippen LogP contribution in [-0.2, 0) is 19.9 Å². The topological polar surface area (TPSA) is 115 Å². The van der Waals surface area contributed by atoms with Crippen LogP contribution in [0.1, 0.15) is 0 Å². The summed E-state index contributed by atoms with van der Waals surface area (Å²) < 4.78 is 43.0. The number of aliphatic hydroxyl groups excluding tert-OH is 1. The van der Waals surface area contributed by atoms with Crippen molar-refractivity contribution in [3.8, 4) is 0 Å². The molecule has 0 saturated carbocycles. The molecule has 0 amide bonds. The summed E-state index contributed by atoms with van der Waals surface area (Å²) in [7, 11) is -7.39. The van der Waals surface area contributed by atoms with Crippen LogP contribution < -0.4 is 5.14 Å². The van der Waals surface area contributed by atoms with Gasteiger partial charge in [-0.1, -0.05) is 0 Å². The van der Waals surface area contributed by atoms with Gasteiger partial charge in [-0.25, -0.2) is 22.0 Å². The molecule has 1 fully saturated rings. The highest BCUT2D eigenvalue weighted by Crippen LogP contribution is 2.17. The standard InChI is InChI=1S/C4H9NO5S2/c5-12(9,10)4-2-11(7,8)1-3(4)6/h3-4,6H,1-2H2,(H2,5,9,10)/t3-,4-/m0/s1. The molecular weight excluding hydrogens is 206 g/mol. The quantitative estimate of drug-likeness (QED) is 0.499. The van der Waals surface area contributed by atoms with Gasteiger partial charge in [0, 0.05) is 0 Å². The fraction of sp³-hybridized carbons (Fsp3) is 1.00. The molecule has 6 nitrogen and oxygen atoms in total. The molecule has 3 N–H and O–H groups in total. The van der Waals surface area contributed by atoms with Crippen molar-refractivity contribution in [1.82, 2.24) is 0 Å². The first-order valence-electron chi connectivity index (χ1n) is 3.12. The van der Waals surface area contributed by atoms with Crippen LogP contribution in [0.15, 0.2) is 0 Å². The highest BCUT2D eigenvalue weighted by atomic mass is 32.2. The zero-order valence-corrected chi connectivity index (χ0v) is 7.68. The Morgan fingerprint density at radius 2 is 1.83 bits per heavy atom. The van der Waals surface area contributed by atoms with Gasteiger partial charge in [0.1, 0.15) is 5.25 Å². The van der Waals surface area contributed by atoms with Gasteiger partial charge in [0.05, 0.1) is 17.6 Å². The molecule has 0 aromatic rings. The second kappa shape index (κ2) is 2.66. The number of sulfonamides is 1. The Hall–Kier alpha value is -0.180. The van der Waals surface area contributed by atoms with Gasteiger partial charge >= 0.3 is 0 Å². The zero-order valence-electron chi connectivity index (χ0n) is 6.04. The summed E-state index contributed by atoms with van der Waals surface area (Å²) in [6.07, 6.45) is -1.38. The summed E-state index contributed by atoms with van der Waals surface area (Å²) in [5, 5.41) is 12.4. The Balaban J connectivity index is 3.01. The molecule has 1 aliphatic heterocycles. The van der Waals surface area contributed by atoms with Crippen LogP contribution in [0.3, 0.4) is 0 Å². The van der Waals surface area contributed by atoms with Gasteiger partial charge in [-0.2, -0.15) is 0 Å². The molecule has 0 aliphatic carbocycles. The van der Waals surface area contributed by atoms with Crippen LogP contribution in [0.5, 0.6) is 0 Å². The smallest absolute Gasteiger partial charge is 0.215 e. The number of hydrogen-bond acceptors (Lipinski definition) is 5. The van der Waals surface area contributed by atoms with E-state index in [1.807, 2.05) is 0 Å². The average molecular weight is 215 g/mol. The van der Waals surface area contributed by atoms with Crippen molar-refractivity contribution in [3.05, 3.63) is 0 Å². The second-order valence-electron chi connectivity index (χ2n) is 2.77. The lowest BCUT2D eigenvalue weighted by atomic mass is 10.3. The number of aliphatic hydroxyl groups is 1. The maximum atomic E-state index is 10.8. The summed E-state index contributed by atoms with van der Waals surface area (Å²) in [4.78, 5) is 0. The van der Waals surface area contributed by atoms with Crippen LogP contribution in [0.4, 0.5) is 0 Å². The molecule has 0 spiro atoms. The molecule has 8 heteroatoms. The molecular formula is C4H9NO5S2. The van der Waals surface area contributed by atoms with Crippen LogP contribution >= 0.6 is 0 Å². The van der Waals surface area contributed by atoms with Crippen LogP contribution in [0.2, 0.25) is 0 Å². The van der Waals surface area contributed by atoms with Gasteiger partial charge in [-0.3, -0.25) is 0 Å². The summed E-state index contributed by atoms with van der Waals surface area (Å²) in [6, 6.07) is 0. The van der Waals surface area contributed by atoms with Crippen LogP contribution in [0, 0.1) is 0 Å². The minimum atomic E-state index is -3.95. The maximum Gasteiger partial charge on any atom is 0.215 e. The number of nitrogens with two attached hydrogens (primary N) is 1. The van der Waals surface area contributed by atoms with Gasteiger partial charge in [0.25, 0.3) is 0 Å². The average Bonchev–Trinajstić information content (AvgIpc) is 2.03. The summed E-state index contributed by atoms with van der Waals surface area (Å²) in [5.41, 5.74) is 0. The van der Waals surface area contributed by atoms with Crippen molar-refractivity contribution in [2.45, 2.75) is 11.4 Å². The molecule has 0 radical (unpaired) electrons. The van der Waals surface area contributed by atoms with E-state index in [1.165, 1.54) is 0 Å². The Bertz CT molecular complexity index is 368. The number of sulfone groups is 1. The minimum Gasteiger partial charge on any atom is -0.391 e. The monoisotopic (exact) mass is 215 g/mol. The number of primary sulfonamides is 1. The molecule has 72 valence electrons. The first kappa shape index (κ1) is 9.90. The lowest BCUT2D eigenvalue weighted by Gasteiger charge is -2.08. The van der Waals surface area contributed by atoms with Crippen LogP contribution in [0.25, 0.3) is 0 Å². The fourth-order valence-electron chi connectivity index (χ4n) is 1.11. The fourth-order valence-corrected chi connectivity index (χ4v) is 4.76. The van der Waals surface area contributed by atoms with E-state index < -0.39 is 42.7 Å². The highest BCUT2D eigenvalue weighted by molar-refractivity contribution is 7.95. The second-order valence-corrected chi connectivity index (χ2v) is 6.71. The minimum absolute atomic E-state index is 0.520. The Morgan fingerprint density at radius 3 is 2.00 bits per heavy atom. The van der Waals surface area contributed by atoms with Crippen LogP contribution in [-0.4, -0.2) is 44.8 Å². The van der Waals surface area contributed by atoms with Crippen molar-refractivity contribution < 1.29 is 21.9 Å². The molecule has 1 heterocycles. The normalized spacial score (nSPS) is 35.2. The highest BCUT2D eigenvalue weighted by Gasteiger charge is 2.42. The van der Waals surface area contributed by atoms with Gasteiger partial charge in [-0.15, -0.1) is 0 Å². The Kier molecular flexibility index (Phi) is 2.19. The van der Waals surface area contributed by atoms with Gasteiger partial charge < -0.3 is 5.11 Å². The third-order valence-electron chi connectivity index (χ3n) is 1.69. The van der Waals surface area contributed by atoms with Gasteiger partial charge in [-0.05, 0) is 0 Å². The van der Waals surface area contributed by atoms with Crippen molar-refractivity contribution in [3.63, 3.8) is 0 Å². The molecule has 0 bridgehead atoms. The van der Waals surface area contributed by atoms with Crippen molar-refractivity contribution in [2.75, 3.05) is 11.5 Å². The molecule has 12 heavy (non-hydrogen) atoms. The largest absolute Gasteiger partial charge is 0.391 e. The van der Waals surface area contributed by atoms with Gasteiger partial charge in [0.15, 0.2) is 9.84 Å². The van der Waals surface area contributed by atoms with E-state index in [0.717, 1.165) is 0 Å². The number of hydrogen-bond donors (Lipinski definition) is 2. The molecule has 1 aliphatic rings. The van der Waals surface area contributed by atoms with Crippen molar-refractivity contribution >= 4 is 19.9 Å². The predicted molar refractivity (Wildman–Crippen MR) is 41.6 cm³/mol.